The molecule has 3 fully saturated rings. The Labute approximate surface area is 153 Å². The second-order valence-corrected chi connectivity index (χ2v) is 9.13. The van der Waals surface area contributed by atoms with Gasteiger partial charge in [-0.3, -0.25) is 4.79 Å². The molecule has 3 saturated carbocycles. The summed E-state index contributed by atoms with van der Waals surface area (Å²) in [5, 5.41) is 41.8. The monoisotopic (exact) mass is 360 g/mol. The van der Waals surface area contributed by atoms with Crippen molar-refractivity contribution >= 4 is 5.78 Å². The van der Waals surface area contributed by atoms with Gasteiger partial charge in [-0.1, -0.05) is 25.5 Å². The van der Waals surface area contributed by atoms with Crippen LogP contribution >= 0.6 is 0 Å². The summed E-state index contributed by atoms with van der Waals surface area (Å²) in [6.45, 7) is 4.04. The lowest BCUT2D eigenvalue weighted by Crippen LogP contribution is -2.59. The van der Waals surface area contributed by atoms with Gasteiger partial charge in [0.05, 0.1) is 6.10 Å². The molecule has 0 bridgehead atoms. The van der Waals surface area contributed by atoms with E-state index in [1.807, 2.05) is 13.0 Å². The van der Waals surface area contributed by atoms with Crippen molar-refractivity contribution in [2.45, 2.75) is 57.7 Å². The van der Waals surface area contributed by atoms with Crippen molar-refractivity contribution in [3.05, 3.63) is 35.8 Å². The Morgan fingerprint density at radius 1 is 1.31 bits per heavy atom. The molecule has 4 N–H and O–H groups in total. The summed E-state index contributed by atoms with van der Waals surface area (Å²) in [7, 11) is 0. The Hall–Kier alpha value is -1.59. The average molecular weight is 360 g/mol. The predicted molar refractivity (Wildman–Crippen MR) is 96.3 cm³/mol. The third kappa shape index (κ3) is 2.01. The van der Waals surface area contributed by atoms with Gasteiger partial charge in [-0.15, -0.1) is 0 Å². The number of hydrogen-bond donors (Lipinski definition) is 4. The van der Waals surface area contributed by atoms with Gasteiger partial charge in [-0.05, 0) is 56.1 Å². The molecule has 0 heterocycles. The smallest absolute Gasteiger partial charge is 0.178 e. The van der Waals surface area contributed by atoms with E-state index in [-0.39, 0.29) is 29.0 Å². The number of fused-ring (bicyclic) bond motifs is 5. The van der Waals surface area contributed by atoms with E-state index in [1.165, 1.54) is 0 Å². The number of ketones is 1. The zero-order valence-corrected chi connectivity index (χ0v) is 15.4. The molecule has 7 atom stereocenters. The second-order valence-electron chi connectivity index (χ2n) is 9.13. The molecule has 0 aromatic carbocycles. The van der Waals surface area contributed by atoms with Crippen molar-refractivity contribution in [1.29, 1.82) is 0 Å². The van der Waals surface area contributed by atoms with Crippen molar-refractivity contribution in [1.82, 2.24) is 0 Å². The summed E-state index contributed by atoms with van der Waals surface area (Å²) < 4.78 is 0. The first-order valence-electron chi connectivity index (χ1n) is 9.56. The third-order valence-electron chi connectivity index (χ3n) is 8.19. The molecule has 142 valence electrons. The van der Waals surface area contributed by atoms with Crippen LogP contribution in [0.4, 0.5) is 0 Å². The first-order chi connectivity index (χ1) is 12.2. The van der Waals surface area contributed by atoms with E-state index in [1.54, 1.807) is 12.2 Å². The summed E-state index contributed by atoms with van der Waals surface area (Å²) in [6, 6.07) is 0. The van der Waals surface area contributed by atoms with E-state index in [0.717, 1.165) is 24.8 Å². The lowest BCUT2D eigenvalue weighted by molar-refractivity contribution is -0.161. The number of aliphatic hydroxyl groups excluding tert-OH is 3. The molecule has 0 spiro atoms. The number of aliphatic hydroxyl groups is 4. The molecule has 4 aliphatic carbocycles. The number of rotatable bonds is 1. The highest BCUT2D eigenvalue weighted by atomic mass is 16.3. The van der Waals surface area contributed by atoms with Gasteiger partial charge in [0.25, 0.3) is 0 Å². The molecule has 4 rings (SSSR count). The fourth-order valence-corrected chi connectivity index (χ4v) is 6.86. The molecule has 0 aliphatic heterocycles. The summed E-state index contributed by atoms with van der Waals surface area (Å²) in [5.74, 6) is -0.0533. The zero-order valence-electron chi connectivity index (χ0n) is 15.4. The minimum absolute atomic E-state index is 0.00692. The summed E-state index contributed by atoms with van der Waals surface area (Å²) in [6.07, 6.45) is 8.39. The normalized spacial score (nSPS) is 50.7. The van der Waals surface area contributed by atoms with Gasteiger partial charge >= 0.3 is 0 Å². The maximum absolute atomic E-state index is 11.8. The lowest BCUT2D eigenvalue weighted by atomic mass is 9.46. The Bertz CT molecular complexity index is 737. The Morgan fingerprint density at radius 3 is 2.73 bits per heavy atom. The average Bonchev–Trinajstić information content (AvgIpc) is 2.86. The maximum atomic E-state index is 11.8. The van der Waals surface area contributed by atoms with Crippen LogP contribution in [0.5, 0.6) is 0 Å². The van der Waals surface area contributed by atoms with E-state index in [4.69, 9.17) is 0 Å². The second kappa shape index (κ2) is 5.46. The molecule has 5 nitrogen and oxygen atoms in total. The third-order valence-corrected chi connectivity index (χ3v) is 8.19. The van der Waals surface area contributed by atoms with Gasteiger partial charge in [0.2, 0.25) is 0 Å². The minimum atomic E-state index is -1.51. The van der Waals surface area contributed by atoms with Gasteiger partial charge in [-0.2, -0.15) is 0 Å². The minimum Gasteiger partial charge on any atom is -0.512 e. The SMILES string of the molecule is C[C@]12C=CC(=O)C=C1CC[C@@H]1[C@@H]2[C@@H](O)C[C@@]2(C)[C@H]1CC[C@]2(O)/C(O)=C\O. The molecule has 4 aliphatic rings. The van der Waals surface area contributed by atoms with Gasteiger partial charge in [0.1, 0.15) is 11.9 Å². The lowest BCUT2D eigenvalue weighted by Gasteiger charge is -2.59. The predicted octanol–water partition coefficient (Wildman–Crippen LogP) is 2.95. The molecule has 0 unspecified atom stereocenters. The fraction of sp³-hybridized carbons (Fsp3) is 0.667. The number of carbonyl (C=O) groups excluding carboxylic acids is 1. The van der Waals surface area contributed by atoms with Crippen molar-refractivity contribution in [2.24, 2.45) is 28.6 Å². The van der Waals surface area contributed by atoms with Gasteiger partial charge in [0.15, 0.2) is 11.5 Å². The molecular weight excluding hydrogens is 332 g/mol. The molecule has 5 heteroatoms. The molecule has 0 amide bonds. The van der Waals surface area contributed by atoms with Crippen molar-refractivity contribution in [3.8, 4) is 0 Å². The van der Waals surface area contributed by atoms with Crippen molar-refractivity contribution in [2.75, 3.05) is 0 Å². The topological polar surface area (TPSA) is 98.0 Å². The molecule has 0 aromatic rings. The molecule has 26 heavy (non-hydrogen) atoms. The van der Waals surface area contributed by atoms with Crippen LogP contribution in [0.1, 0.15) is 46.0 Å². The van der Waals surface area contributed by atoms with Crippen LogP contribution in [-0.4, -0.2) is 37.9 Å². The Balaban J connectivity index is 1.76. The van der Waals surface area contributed by atoms with E-state index in [0.29, 0.717) is 19.1 Å². The standard InChI is InChI=1S/C21H28O5/c1-19-7-5-13(23)9-12(19)3-4-14-15-6-8-21(26,17(25)11-22)20(15,2)10-16(24)18(14)19/h5,7,9,11,14-16,18,22,24-26H,3-4,6,8,10H2,1-2H3/b17-11+/t14-,15-,16-,18+,19-,20-,21-/m0/s1. The number of carbonyl (C=O) groups is 1. The van der Waals surface area contributed by atoms with Crippen molar-refractivity contribution in [3.63, 3.8) is 0 Å². The summed E-state index contributed by atoms with van der Waals surface area (Å²) in [5.41, 5.74) is -1.44. The molecular formula is C21H28O5. The highest BCUT2D eigenvalue weighted by Gasteiger charge is 2.67. The highest BCUT2D eigenvalue weighted by molar-refractivity contribution is 6.01. The van der Waals surface area contributed by atoms with Crippen LogP contribution in [0.15, 0.2) is 35.8 Å². The molecule has 0 saturated heterocycles. The Morgan fingerprint density at radius 2 is 2.04 bits per heavy atom. The maximum Gasteiger partial charge on any atom is 0.178 e. The summed E-state index contributed by atoms with van der Waals surface area (Å²) in [4.78, 5) is 11.8. The molecule has 0 radical (unpaired) electrons. The number of allylic oxidation sites excluding steroid dienone is 4. The van der Waals surface area contributed by atoms with E-state index < -0.39 is 22.9 Å². The van der Waals surface area contributed by atoms with Crippen LogP contribution in [0.3, 0.4) is 0 Å². The van der Waals surface area contributed by atoms with Crippen molar-refractivity contribution < 1.29 is 25.2 Å². The quantitative estimate of drug-likeness (QED) is 0.539. The van der Waals surface area contributed by atoms with Crippen LogP contribution in [0.2, 0.25) is 0 Å². The van der Waals surface area contributed by atoms with Crippen LogP contribution < -0.4 is 0 Å². The van der Waals surface area contributed by atoms with Crippen LogP contribution in [0.25, 0.3) is 0 Å². The highest BCUT2D eigenvalue weighted by Crippen LogP contribution is 2.67. The number of hydrogen-bond acceptors (Lipinski definition) is 5. The van der Waals surface area contributed by atoms with Gasteiger partial charge < -0.3 is 20.4 Å². The Kier molecular flexibility index (Phi) is 3.74. The molecule has 0 aromatic heterocycles. The van der Waals surface area contributed by atoms with Gasteiger partial charge in [0, 0.05) is 16.7 Å². The van der Waals surface area contributed by atoms with E-state index in [9.17, 15) is 25.2 Å². The summed E-state index contributed by atoms with van der Waals surface area (Å²) >= 11 is 0. The van der Waals surface area contributed by atoms with Crippen LogP contribution in [-0.2, 0) is 4.79 Å². The fourth-order valence-electron chi connectivity index (χ4n) is 6.86. The van der Waals surface area contributed by atoms with Gasteiger partial charge in [-0.25, -0.2) is 0 Å². The van der Waals surface area contributed by atoms with E-state index in [2.05, 4.69) is 6.92 Å². The zero-order chi connectivity index (χ0) is 18.9. The van der Waals surface area contributed by atoms with E-state index >= 15 is 0 Å². The largest absolute Gasteiger partial charge is 0.512 e. The first kappa shape index (κ1) is 17.8. The first-order valence-corrected chi connectivity index (χ1v) is 9.56. The van der Waals surface area contributed by atoms with Crippen LogP contribution in [0, 0.1) is 28.6 Å².